The number of hydrogen-bond donors (Lipinski definition) is 1. The van der Waals surface area contributed by atoms with Gasteiger partial charge in [0.2, 0.25) is 0 Å². The van der Waals surface area contributed by atoms with Crippen LogP contribution >= 0.6 is 0 Å². The monoisotopic (exact) mass is 362 g/mol. The molecular weight excluding hydrogens is 343 g/mol. The second kappa shape index (κ2) is 6.23. The van der Waals surface area contributed by atoms with Gasteiger partial charge in [-0.25, -0.2) is 0 Å². The van der Waals surface area contributed by atoms with E-state index in [1.54, 1.807) is 0 Å². The molecule has 1 aromatic carbocycles. The van der Waals surface area contributed by atoms with Crippen LogP contribution in [0.1, 0.15) is 46.8 Å². The van der Waals surface area contributed by atoms with E-state index < -0.39 is 23.6 Å². The first kappa shape index (κ1) is 18.1. The summed E-state index contributed by atoms with van der Waals surface area (Å²) in [6.45, 7) is 3.54. The van der Waals surface area contributed by atoms with Crippen LogP contribution in [0.2, 0.25) is 0 Å². The first-order valence-corrected chi connectivity index (χ1v) is 8.21. The molecule has 25 heavy (non-hydrogen) atoms. The van der Waals surface area contributed by atoms with Crippen LogP contribution in [-0.4, -0.2) is 30.1 Å². The Morgan fingerprint density at radius 2 is 1.96 bits per heavy atom. The number of halogens is 5. The molecule has 0 unspecified atom stereocenters. The average molecular weight is 362 g/mol. The molecule has 1 saturated heterocycles. The van der Waals surface area contributed by atoms with Crippen molar-refractivity contribution in [2.24, 2.45) is 5.92 Å². The van der Waals surface area contributed by atoms with Gasteiger partial charge >= 0.3 is 12.1 Å². The number of piperidine rings is 1. The molecule has 0 spiro atoms. The van der Waals surface area contributed by atoms with Crippen molar-refractivity contribution in [2.45, 2.75) is 45.0 Å². The van der Waals surface area contributed by atoms with E-state index in [1.807, 2.05) is 4.90 Å². The number of nitrogens with zero attached hydrogens (tertiary/aromatic N) is 1. The van der Waals surface area contributed by atoms with Gasteiger partial charge in [-0.05, 0) is 48.6 Å². The summed E-state index contributed by atoms with van der Waals surface area (Å²) in [5.41, 5.74) is -1.15. The van der Waals surface area contributed by atoms with E-state index in [0.717, 1.165) is 32.0 Å². The van der Waals surface area contributed by atoms with E-state index in [2.05, 4.69) is 12.2 Å². The molecule has 8 heteroatoms. The summed E-state index contributed by atoms with van der Waals surface area (Å²) in [5, 5.41) is 2.33. The fraction of sp³-hybridized carbons (Fsp3) is 0.588. The number of carbonyl (C=O) groups is 1. The number of rotatable bonds is 3. The fourth-order valence-electron chi connectivity index (χ4n) is 3.60. The van der Waals surface area contributed by atoms with Crippen LogP contribution in [0.5, 0.6) is 0 Å². The van der Waals surface area contributed by atoms with Crippen LogP contribution in [0, 0.1) is 5.92 Å². The van der Waals surface area contributed by atoms with Crippen molar-refractivity contribution in [3.63, 3.8) is 0 Å². The Bertz CT molecular complexity index is 686. The predicted molar refractivity (Wildman–Crippen MR) is 81.2 cm³/mol. The van der Waals surface area contributed by atoms with Crippen molar-refractivity contribution in [1.29, 1.82) is 0 Å². The van der Waals surface area contributed by atoms with Crippen LogP contribution in [-0.2, 0) is 19.0 Å². The summed E-state index contributed by atoms with van der Waals surface area (Å²) in [4.78, 5) is 13.9. The number of benzene rings is 1. The molecule has 3 rings (SSSR count). The van der Waals surface area contributed by atoms with Gasteiger partial charge in [0.1, 0.15) is 0 Å². The lowest BCUT2D eigenvalue weighted by Gasteiger charge is -2.31. The van der Waals surface area contributed by atoms with Gasteiger partial charge in [0.15, 0.2) is 0 Å². The normalized spacial score (nSPS) is 22.0. The summed E-state index contributed by atoms with van der Waals surface area (Å²) >= 11 is 0. The first-order valence-electron chi connectivity index (χ1n) is 8.21. The second-order valence-electron chi connectivity index (χ2n) is 6.91. The maximum atomic E-state index is 14.0. The Balaban J connectivity index is 1.99. The predicted octanol–water partition coefficient (Wildman–Crippen LogP) is 3.82. The molecule has 0 bridgehead atoms. The molecule has 3 nitrogen and oxygen atoms in total. The van der Waals surface area contributed by atoms with Crippen LogP contribution in [0.3, 0.4) is 0 Å². The molecule has 1 atom stereocenters. The molecule has 0 radical (unpaired) electrons. The lowest BCUT2D eigenvalue weighted by molar-refractivity contribution is -0.289. The molecule has 2 heterocycles. The zero-order valence-electron chi connectivity index (χ0n) is 13.7. The summed E-state index contributed by atoms with van der Waals surface area (Å²) in [7, 11) is 0. The lowest BCUT2D eigenvalue weighted by atomic mass is 9.93. The number of amides is 1. The average Bonchev–Trinajstić information content (AvgIpc) is 2.87. The summed E-state index contributed by atoms with van der Waals surface area (Å²) in [5.74, 6) is -5.15. The smallest absolute Gasteiger partial charge is 0.348 e. The molecule has 1 fully saturated rings. The SMILES string of the molecule is C[C@H]1CCCN(Cc2cc3c(c(C(F)(F)C(F)(F)F)c2)CNC3=O)C1. The van der Waals surface area contributed by atoms with E-state index in [4.69, 9.17) is 0 Å². The number of hydrogen-bond acceptors (Lipinski definition) is 2. The van der Waals surface area contributed by atoms with Crippen molar-refractivity contribution in [1.82, 2.24) is 10.2 Å². The van der Waals surface area contributed by atoms with E-state index in [-0.39, 0.29) is 24.2 Å². The quantitative estimate of drug-likeness (QED) is 0.830. The molecular formula is C17H19F5N2O. The highest BCUT2D eigenvalue weighted by Crippen LogP contribution is 2.46. The minimum absolute atomic E-state index is 0.0820. The van der Waals surface area contributed by atoms with E-state index >= 15 is 0 Å². The third kappa shape index (κ3) is 3.36. The molecule has 0 saturated carbocycles. The number of alkyl halides is 5. The third-order valence-electron chi connectivity index (χ3n) is 4.82. The highest BCUT2D eigenvalue weighted by molar-refractivity contribution is 5.99. The summed E-state index contributed by atoms with van der Waals surface area (Å²) in [6.07, 6.45) is -3.68. The molecule has 2 aliphatic rings. The summed E-state index contributed by atoms with van der Waals surface area (Å²) < 4.78 is 66.6. The van der Waals surface area contributed by atoms with Crippen molar-refractivity contribution in [3.05, 3.63) is 34.4 Å². The van der Waals surface area contributed by atoms with Gasteiger partial charge in [-0.2, -0.15) is 22.0 Å². The lowest BCUT2D eigenvalue weighted by Crippen LogP contribution is -2.36. The minimum Gasteiger partial charge on any atom is -0.348 e. The van der Waals surface area contributed by atoms with Crippen molar-refractivity contribution in [2.75, 3.05) is 13.1 Å². The zero-order chi connectivity index (χ0) is 18.4. The Morgan fingerprint density at radius 1 is 1.24 bits per heavy atom. The van der Waals surface area contributed by atoms with E-state index in [0.29, 0.717) is 11.5 Å². The minimum atomic E-state index is -5.70. The van der Waals surface area contributed by atoms with Crippen molar-refractivity contribution in [3.8, 4) is 0 Å². The van der Waals surface area contributed by atoms with Crippen LogP contribution < -0.4 is 5.32 Å². The standard InChI is InChI=1S/C17H19F5N2O/c1-10-3-2-4-24(8-10)9-11-5-12-13(7-23-15(12)25)14(6-11)16(18,19)17(20,21)22/h5-6,10H,2-4,7-9H2,1H3,(H,23,25)/t10-/m0/s1. The van der Waals surface area contributed by atoms with Gasteiger partial charge < -0.3 is 5.32 Å². The maximum absolute atomic E-state index is 14.0. The van der Waals surface area contributed by atoms with Gasteiger partial charge in [-0.1, -0.05) is 6.92 Å². The van der Waals surface area contributed by atoms with Crippen LogP contribution in [0.25, 0.3) is 0 Å². The van der Waals surface area contributed by atoms with Gasteiger partial charge in [-0.3, -0.25) is 9.69 Å². The second-order valence-corrected chi connectivity index (χ2v) is 6.91. The molecule has 0 aromatic heterocycles. The number of carbonyl (C=O) groups excluding carboxylic acids is 1. The molecule has 1 amide bonds. The van der Waals surface area contributed by atoms with Gasteiger partial charge in [-0.15, -0.1) is 0 Å². The van der Waals surface area contributed by atoms with Crippen LogP contribution in [0.15, 0.2) is 12.1 Å². The Morgan fingerprint density at radius 3 is 2.60 bits per heavy atom. The highest BCUT2D eigenvalue weighted by atomic mass is 19.4. The molecule has 0 aliphatic carbocycles. The molecule has 2 aliphatic heterocycles. The fourth-order valence-corrected chi connectivity index (χ4v) is 3.60. The summed E-state index contributed by atoms with van der Waals surface area (Å²) in [6, 6.07) is 2.35. The molecule has 1 N–H and O–H groups in total. The molecule has 1 aromatic rings. The van der Waals surface area contributed by atoms with Gasteiger partial charge in [0.25, 0.3) is 5.91 Å². The largest absolute Gasteiger partial charge is 0.458 e. The highest BCUT2D eigenvalue weighted by Gasteiger charge is 2.60. The Hall–Kier alpha value is -1.70. The number of likely N-dealkylation sites (tertiary alicyclic amines) is 1. The third-order valence-corrected chi connectivity index (χ3v) is 4.82. The van der Waals surface area contributed by atoms with Gasteiger partial charge in [0, 0.05) is 30.8 Å². The molecule has 138 valence electrons. The Labute approximate surface area is 142 Å². The first-order chi connectivity index (χ1) is 11.6. The Kier molecular flexibility index (Phi) is 4.51. The number of nitrogens with one attached hydrogen (secondary N) is 1. The van der Waals surface area contributed by atoms with Gasteiger partial charge in [0.05, 0.1) is 0 Å². The topological polar surface area (TPSA) is 32.3 Å². The zero-order valence-corrected chi connectivity index (χ0v) is 13.7. The van der Waals surface area contributed by atoms with Crippen molar-refractivity contribution < 1.29 is 26.7 Å². The maximum Gasteiger partial charge on any atom is 0.458 e. The van der Waals surface area contributed by atoms with Crippen molar-refractivity contribution >= 4 is 5.91 Å². The number of fused-ring (bicyclic) bond motifs is 1. The van der Waals surface area contributed by atoms with E-state index in [1.165, 1.54) is 6.07 Å². The van der Waals surface area contributed by atoms with Crippen LogP contribution in [0.4, 0.5) is 22.0 Å². The van der Waals surface area contributed by atoms with E-state index in [9.17, 15) is 26.7 Å².